The highest BCUT2D eigenvalue weighted by Gasteiger charge is 2.37. The lowest BCUT2D eigenvalue weighted by molar-refractivity contribution is -0.133. The van der Waals surface area contributed by atoms with Crippen LogP contribution in [-0.4, -0.2) is 105 Å². The number of likely N-dealkylation sites (tertiary alicyclic amines) is 2. The van der Waals surface area contributed by atoms with Crippen molar-refractivity contribution < 1.29 is 38.9 Å². The van der Waals surface area contributed by atoms with Crippen LogP contribution in [0.4, 0.5) is 4.79 Å². The van der Waals surface area contributed by atoms with E-state index in [9.17, 15) is 14.4 Å². The summed E-state index contributed by atoms with van der Waals surface area (Å²) in [7, 11) is 4.75. The Hall–Kier alpha value is -6.70. The molecule has 0 bridgehead atoms. The summed E-state index contributed by atoms with van der Waals surface area (Å²) in [5.41, 5.74) is 12.2. The highest BCUT2D eigenvalue weighted by atomic mass is 16.5. The summed E-state index contributed by atoms with van der Waals surface area (Å²) in [6, 6.07) is 14.5. The number of fused-ring (bicyclic) bond motifs is 6. The van der Waals surface area contributed by atoms with Crippen LogP contribution in [0.5, 0.6) is 5.75 Å². The Bertz CT molecular complexity index is 2370. The monoisotopic (exact) mass is 880 g/mol. The molecule has 5 aromatic rings. The fourth-order valence-electron chi connectivity index (χ4n) is 7.99. The van der Waals surface area contributed by atoms with Crippen LogP contribution in [0.25, 0.3) is 44.2 Å². The predicted octanol–water partition coefficient (Wildman–Crippen LogP) is 8.21. The van der Waals surface area contributed by atoms with Crippen molar-refractivity contribution in [3.63, 3.8) is 0 Å². The van der Waals surface area contributed by atoms with Crippen molar-refractivity contribution in [1.82, 2.24) is 35.1 Å². The molecule has 5 heterocycles. The minimum atomic E-state index is -1.22. The molecule has 3 aliphatic rings. The van der Waals surface area contributed by atoms with E-state index in [0.29, 0.717) is 25.4 Å². The molecule has 16 nitrogen and oxygen atoms in total. The van der Waals surface area contributed by atoms with E-state index in [1.165, 1.54) is 13.5 Å². The third kappa shape index (κ3) is 12.3. The smallest absolute Gasteiger partial charge is 0.405 e. The number of carbonyl (C=O) groups excluding carboxylic acids is 2. The van der Waals surface area contributed by atoms with Gasteiger partial charge in [0.25, 0.3) is 6.47 Å². The molecule has 3 amide bonds. The molecule has 0 aliphatic carbocycles. The molecule has 0 spiro atoms. The number of imidazole rings is 2. The van der Waals surface area contributed by atoms with Crippen LogP contribution < -0.4 is 15.8 Å². The van der Waals surface area contributed by atoms with Gasteiger partial charge in [-0.2, -0.15) is 0 Å². The molecule has 2 fully saturated rings. The van der Waals surface area contributed by atoms with Crippen LogP contribution in [0.2, 0.25) is 0 Å². The molecule has 0 saturated carbocycles. The molecule has 16 heteroatoms. The molecule has 2 unspecified atom stereocenters. The summed E-state index contributed by atoms with van der Waals surface area (Å²) in [6.07, 6.45) is 14.4. The molecule has 0 radical (unpaired) electrons. The fourth-order valence-corrected chi connectivity index (χ4v) is 7.99. The number of carbonyl (C=O) groups is 4. The van der Waals surface area contributed by atoms with E-state index in [2.05, 4.69) is 113 Å². The highest BCUT2D eigenvalue weighted by molar-refractivity contribution is 6.07. The zero-order valence-electron chi connectivity index (χ0n) is 38.1. The zero-order chi connectivity index (χ0) is 47.5. The minimum Gasteiger partial charge on any atom is -0.488 e. The van der Waals surface area contributed by atoms with Gasteiger partial charge >= 0.3 is 6.09 Å². The number of methoxy groups -OCH3 is 1. The van der Waals surface area contributed by atoms with Crippen LogP contribution >= 0.6 is 0 Å². The molecule has 3 aliphatic heterocycles. The predicted molar refractivity (Wildman–Crippen MR) is 251 cm³/mol. The largest absolute Gasteiger partial charge is 0.488 e. The number of aromatic amines is 2. The molecule has 2 aromatic heterocycles. The van der Waals surface area contributed by atoms with Crippen molar-refractivity contribution in [1.29, 1.82) is 0 Å². The maximum Gasteiger partial charge on any atom is 0.405 e. The Morgan fingerprint density at radius 3 is 2.34 bits per heavy atom. The van der Waals surface area contributed by atoms with Crippen LogP contribution in [0.3, 0.4) is 0 Å². The number of nitrogens with one attached hydrogen (secondary N) is 3. The first-order valence-corrected chi connectivity index (χ1v) is 21.3. The van der Waals surface area contributed by atoms with Crippen molar-refractivity contribution in [3.8, 4) is 41.0 Å². The van der Waals surface area contributed by atoms with E-state index in [-0.39, 0.29) is 43.0 Å². The van der Waals surface area contributed by atoms with Gasteiger partial charge in [0, 0.05) is 44.2 Å². The van der Waals surface area contributed by atoms with E-state index >= 15 is 0 Å². The molecule has 64 heavy (non-hydrogen) atoms. The molecular formula is C48H64N8O8. The lowest BCUT2D eigenvalue weighted by Gasteiger charge is -2.27. The van der Waals surface area contributed by atoms with Crippen LogP contribution in [0.1, 0.15) is 102 Å². The van der Waals surface area contributed by atoms with E-state index in [0.717, 1.165) is 99.0 Å². The molecule has 2 saturated heterocycles. The molecular weight excluding hydrogens is 817 g/mol. The third-order valence-corrected chi connectivity index (χ3v) is 10.7. The zero-order valence-corrected chi connectivity index (χ0v) is 38.1. The molecule has 344 valence electrons. The van der Waals surface area contributed by atoms with Crippen molar-refractivity contribution in [3.05, 3.63) is 78.0 Å². The fraction of sp³-hybridized carbons (Fsp3) is 0.417. The standard InChI is InChI=1S/C39H41N7O5.C3H8.C2H6O.C2H2.CH5N.CH2O2/c1-4-21(2)14-34(47)46-22(3)7-12-32(46)38-42-29-11-9-23-16-28-26-10-8-24(15-25(26)20-51-33(28)17-27(23)36(29)44-38)30-18-40-37(43-30)31-6-5-13-45(31)35(48)19-41-39(49)50;2*1-3-2;2*1-2;2-1-3/h8-11,15-18,22,31-32,41H,2,4-7,12-14,19-20H2,1,3H3,(H,40,43)(H,42,44)(H,49,50);3H2,1-2H3;1-2H3;1-2H;2H2,1H3;1H,(H,2,3)/t22-,31?,32?;;;;;/m0...../s1. The number of rotatable bonds is 8. The first-order chi connectivity index (χ1) is 30.9. The third-order valence-electron chi connectivity index (χ3n) is 10.7. The Morgan fingerprint density at radius 1 is 1.00 bits per heavy atom. The first-order valence-electron chi connectivity index (χ1n) is 21.3. The number of terminal acetylenes is 1. The maximum atomic E-state index is 13.3. The summed E-state index contributed by atoms with van der Waals surface area (Å²) in [4.78, 5) is 65.6. The van der Waals surface area contributed by atoms with Gasteiger partial charge in [0.2, 0.25) is 11.8 Å². The number of aromatic nitrogens is 4. The number of ether oxygens (including phenoxy) is 2. The Kier molecular flexibility index (Phi) is 20.5. The van der Waals surface area contributed by atoms with E-state index in [4.69, 9.17) is 24.7 Å². The van der Waals surface area contributed by atoms with Gasteiger partial charge in [-0.15, -0.1) is 12.8 Å². The number of nitrogens with two attached hydrogens (primary N) is 1. The second-order valence-electron chi connectivity index (χ2n) is 15.1. The second kappa shape index (κ2) is 25.4. The van der Waals surface area contributed by atoms with Gasteiger partial charge in [-0.05, 0) is 92.4 Å². The summed E-state index contributed by atoms with van der Waals surface area (Å²) in [5.74, 6) is 2.15. The lowest BCUT2D eigenvalue weighted by atomic mass is 9.92. The SMILES string of the molecule is C#C.C=C(CC)CC(=O)N1C(c2nc3c(ccc4cc5c(cc43)OCc3cc(-c4cnc(C6CCCN6C(=O)CNC(=O)O)[nH]4)ccc3-5)[nH]2)CC[C@@H]1C.CCC.CN.COC.O=CO. The topological polar surface area (TPSA) is 229 Å². The Labute approximate surface area is 375 Å². The van der Waals surface area contributed by atoms with Gasteiger partial charge in [-0.3, -0.25) is 14.4 Å². The second-order valence-corrected chi connectivity index (χ2v) is 15.1. The number of H-pyrrole nitrogens is 2. The average molecular weight is 881 g/mol. The highest BCUT2D eigenvalue weighted by Crippen LogP contribution is 2.44. The molecule has 3 aromatic carbocycles. The van der Waals surface area contributed by atoms with Gasteiger partial charge < -0.3 is 50.5 Å². The lowest BCUT2D eigenvalue weighted by Crippen LogP contribution is -2.39. The van der Waals surface area contributed by atoms with Crippen molar-refractivity contribution >= 4 is 46.2 Å². The minimum absolute atomic E-state index is 0.0961. The van der Waals surface area contributed by atoms with Gasteiger partial charge in [0.1, 0.15) is 30.5 Å². The van der Waals surface area contributed by atoms with Gasteiger partial charge in [0.15, 0.2) is 0 Å². The van der Waals surface area contributed by atoms with Gasteiger partial charge in [-0.1, -0.05) is 57.5 Å². The van der Waals surface area contributed by atoms with E-state index < -0.39 is 6.09 Å². The number of carboxylic acid groups (broad SMARTS) is 2. The van der Waals surface area contributed by atoms with Gasteiger partial charge in [0.05, 0.1) is 35.0 Å². The summed E-state index contributed by atoms with van der Waals surface area (Å²) < 4.78 is 10.6. The summed E-state index contributed by atoms with van der Waals surface area (Å²) in [5, 5.41) is 20.0. The van der Waals surface area contributed by atoms with E-state index in [1.54, 1.807) is 25.3 Å². The maximum absolute atomic E-state index is 13.3. The van der Waals surface area contributed by atoms with Crippen molar-refractivity contribution in [2.24, 2.45) is 5.73 Å². The quantitative estimate of drug-likeness (QED) is 0.0494. The number of hydrogen-bond donors (Lipinski definition) is 6. The summed E-state index contributed by atoms with van der Waals surface area (Å²) >= 11 is 0. The molecule has 3 atom stereocenters. The molecule has 7 N–H and O–H groups in total. The van der Waals surface area contributed by atoms with Crippen LogP contribution in [0.15, 0.2) is 60.8 Å². The van der Waals surface area contributed by atoms with Gasteiger partial charge in [-0.25, -0.2) is 14.8 Å². The first kappa shape index (κ1) is 51.6. The van der Waals surface area contributed by atoms with Crippen molar-refractivity contribution in [2.75, 3.05) is 34.4 Å². The Balaban J connectivity index is 0.000000758. The number of amides is 3. The molecule has 8 rings (SSSR count). The number of nitrogens with zero attached hydrogens (tertiary/aromatic N) is 4. The average Bonchev–Trinajstić information content (AvgIpc) is 4.13. The summed E-state index contributed by atoms with van der Waals surface area (Å²) in [6.45, 7) is 12.9. The Morgan fingerprint density at radius 2 is 1.69 bits per heavy atom. The number of hydrogen-bond acceptors (Lipinski definition) is 9. The van der Waals surface area contributed by atoms with Crippen molar-refractivity contribution in [2.45, 2.75) is 97.4 Å². The number of benzene rings is 3. The normalized spacial score (nSPS) is 16.5. The van der Waals surface area contributed by atoms with E-state index in [1.807, 2.05) is 11.8 Å². The van der Waals surface area contributed by atoms with Crippen LogP contribution in [0, 0.1) is 12.8 Å². The van der Waals surface area contributed by atoms with Crippen LogP contribution in [-0.2, 0) is 25.7 Å².